The molecular formula is C17H25N6O10P. The lowest BCUT2D eigenvalue weighted by Gasteiger charge is -2.21. The number of aliphatic hydroxyl groups excluding tert-OH is 2. The standard InChI is InChI=1S/C17H25N6O10P/c1-2-30-16(26)17(34(27,28)29)32-5-7-9(24)10(25)15(33-7)23-6-20-8-11(18)21-12(22-13(8)23)14-19-3-4-31-14/h6-7,9-10,14-15,17,19,24-25H,2-5H2,1H3,(H2,18,21,22)(H2,27,28,29)/t7-,9-,10-,14+,15-,17?/m1/s1. The minimum absolute atomic E-state index is 0.0721. The second kappa shape index (κ2) is 9.77. The van der Waals surface area contributed by atoms with Gasteiger partial charge in [0.2, 0.25) is 0 Å². The summed E-state index contributed by atoms with van der Waals surface area (Å²) in [6.45, 7) is 1.78. The van der Waals surface area contributed by atoms with Crippen molar-refractivity contribution in [2.75, 3.05) is 32.1 Å². The zero-order chi connectivity index (χ0) is 24.6. The molecule has 188 valence electrons. The van der Waals surface area contributed by atoms with E-state index in [1.54, 1.807) is 0 Å². The summed E-state index contributed by atoms with van der Waals surface area (Å²) in [6.07, 6.45) is -4.76. The van der Waals surface area contributed by atoms with Crippen LogP contribution in [0.5, 0.6) is 0 Å². The number of nitrogens with two attached hydrogens (primary N) is 1. The average Bonchev–Trinajstić information content (AvgIpc) is 3.49. The number of carbonyl (C=O) groups excluding carboxylic acids is 1. The molecule has 2 aromatic heterocycles. The van der Waals surface area contributed by atoms with Gasteiger partial charge in [-0.2, -0.15) is 0 Å². The molecule has 34 heavy (non-hydrogen) atoms. The molecule has 2 saturated heterocycles. The van der Waals surface area contributed by atoms with Gasteiger partial charge in [0.15, 0.2) is 29.7 Å². The van der Waals surface area contributed by atoms with Crippen LogP contribution in [0.1, 0.15) is 25.2 Å². The normalized spacial score (nSPS) is 28.4. The first-order valence-corrected chi connectivity index (χ1v) is 12.0. The fourth-order valence-corrected chi connectivity index (χ4v) is 4.28. The van der Waals surface area contributed by atoms with Gasteiger partial charge in [0.25, 0.3) is 5.85 Å². The van der Waals surface area contributed by atoms with E-state index in [1.807, 2.05) is 0 Å². The molecule has 0 amide bonds. The lowest BCUT2D eigenvalue weighted by molar-refractivity contribution is -0.155. The van der Waals surface area contributed by atoms with Gasteiger partial charge in [-0.15, -0.1) is 0 Å². The fourth-order valence-electron chi connectivity index (χ4n) is 3.65. The Morgan fingerprint density at radius 2 is 2.15 bits per heavy atom. The molecular weight excluding hydrogens is 479 g/mol. The highest BCUT2D eigenvalue weighted by Gasteiger charge is 2.46. The number of aromatic nitrogens is 4. The lowest BCUT2D eigenvalue weighted by Crippen LogP contribution is -2.36. The molecule has 6 atom stereocenters. The third-order valence-corrected chi connectivity index (χ3v) is 6.21. The molecule has 2 fully saturated rings. The number of nitrogens with zero attached hydrogens (tertiary/aromatic N) is 4. The smallest absolute Gasteiger partial charge is 0.365 e. The minimum Gasteiger partial charge on any atom is -0.464 e. The van der Waals surface area contributed by atoms with Gasteiger partial charge >= 0.3 is 13.6 Å². The van der Waals surface area contributed by atoms with Gasteiger partial charge in [0.05, 0.1) is 26.1 Å². The summed E-state index contributed by atoms with van der Waals surface area (Å²) < 4.78 is 33.8. The van der Waals surface area contributed by atoms with Crippen LogP contribution in [-0.2, 0) is 28.3 Å². The Hall–Kier alpha value is -2.27. The number of nitrogen functional groups attached to an aromatic ring is 1. The number of rotatable bonds is 8. The lowest BCUT2D eigenvalue weighted by atomic mass is 10.1. The van der Waals surface area contributed by atoms with Crippen molar-refractivity contribution in [3.8, 4) is 0 Å². The quantitative estimate of drug-likeness (QED) is 0.164. The topological polar surface area (TPSA) is 234 Å². The molecule has 0 aliphatic carbocycles. The van der Waals surface area contributed by atoms with E-state index in [0.717, 1.165) is 0 Å². The molecule has 7 N–H and O–H groups in total. The first-order valence-electron chi connectivity index (χ1n) is 10.3. The Morgan fingerprint density at radius 3 is 2.79 bits per heavy atom. The molecule has 2 aliphatic rings. The highest BCUT2D eigenvalue weighted by molar-refractivity contribution is 7.53. The molecule has 0 bridgehead atoms. The van der Waals surface area contributed by atoms with Crippen molar-refractivity contribution in [3.63, 3.8) is 0 Å². The maximum Gasteiger partial charge on any atom is 0.365 e. The third kappa shape index (κ3) is 4.77. The van der Waals surface area contributed by atoms with E-state index in [1.165, 1.54) is 17.8 Å². The number of ether oxygens (including phenoxy) is 4. The van der Waals surface area contributed by atoms with Gasteiger partial charge in [-0.1, -0.05) is 0 Å². The summed E-state index contributed by atoms with van der Waals surface area (Å²) >= 11 is 0. The number of anilines is 1. The van der Waals surface area contributed by atoms with Crippen LogP contribution in [0.15, 0.2) is 6.33 Å². The predicted molar refractivity (Wildman–Crippen MR) is 111 cm³/mol. The molecule has 0 aromatic carbocycles. The second-order valence-corrected chi connectivity index (χ2v) is 9.22. The third-order valence-electron chi connectivity index (χ3n) is 5.24. The van der Waals surface area contributed by atoms with Gasteiger partial charge in [-0.3, -0.25) is 14.4 Å². The number of hydrogen-bond donors (Lipinski definition) is 6. The Kier molecular flexibility index (Phi) is 7.14. The molecule has 1 unspecified atom stereocenters. The number of carbonyl (C=O) groups is 1. The second-order valence-electron chi connectivity index (χ2n) is 7.57. The number of hydrogen-bond acceptors (Lipinski definition) is 13. The van der Waals surface area contributed by atoms with E-state index in [0.29, 0.717) is 13.2 Å². The Morgan fingerprint density at radius 1 is 1.38 bits per heavy atom. The predicted octanol–water partition coefficient (Wildman–Crippen LogP) is -2.27. The molecule has 4 rings (SSSR count). The zero-order valence-corrected chi connectivity index (χ0v) is 18.8. The minimum atomic E-state index is -5.03. The molecule has 17 heteroatoms. The summed E-state index contributed by atoms with van der Waals surface area (Å²) in [5.41, 5.74) is 6.44. The van der Waals surface area contributed by atoms with Crippen LogP contribution < -0.4 is 11.1 Å². The summed E-state index contributed by atoms with van der Waals surface area (Å²) in [7, 11) is -5.03. The number of aliphatic hydroxyl groups is 2. The van der Waals surface area contributed by atoms with Crippen molar-refractivity contribution in [3.05, 3.63) is 12.2 Å². The van der Waals surface area contributed by atoms with Gasteiger partial charge in [-0.05, 0) is 6.92 Å². The highest BCUT2D eigenvalue weighted by atomic mass is 31.2. The first-order chi connectivity index (χ1) is 16.1. The van der Waals surface area contributed by atoms with Gasteiger partial charge < -0.3 is 44.7 Å². The molecule has 0 spiro atoms. The van der Waals surface area contributed by atoms with Crippen LogP contribution in [-0.4, -0.2) is 96.0 Å². The van der Waals surface area contributed by atoms with Crippen LogP contribution in [0.4, 0.5) is 5.82 Å². The van der Waals surface area contributed by atoms with Crippen molar-refractivity contribution in [2.45, 2.75) is 43.5 Å². The number of nitrogens with one attached hydrogen (secondary N) is 1. The van der Waals surface area contributed by atoms with Gasteiger partial charge in [0.1, 0.15) is 23.8 Å². The van der Waals surface area contributed by atoms with Crippen LogP contribution in [0, 0.1) is 0 Å². The van der Waals surface area contributed by atoms with Gasteiger partial charge in [-0.25, -0.2) is 19.7 Å². The van der Waals surface area contributed by atoms with E-state index < -0.39 is 56.8 Å². The molecule has 4 heterocycles. The molecule has 0 saturated carbocycles. The van der Waals surface area contributed by atoms with Crippen molar-refractivity contribution < 1.29 is 48.3 Å². The molecule has 16 nitrogen and oxygen atoms in total. The Labute approximate surface area is 192 Å². The van der Waals surface area contributed by atoms with Crippen molar-refractivity contribution >= 4 is 30.5 Å². The van der Waals surface area contributed by atoms with E-state index in [4.69, 9.17) is 19.9 Å². The zero-order valence-electron chi connectivity index (χ0n) is 17.9. The molecule has 2 aliphatic heterocycles. The number of esters is 1. The van der Waals surface area contributed by atoms with Crippen LogP contribution in [0.3, 0.4) is 0 Å². The van der Waals surface area contributed by atoms with Gasteiger partial charge in [0, 0.05) is 6.54 Å². The van der Waals surface area contributed by atoms with E-state index in [2.05, 4.69) is 25.0 Å². The average molecular weight is 504 g/mol. The maximum atomic E-state index is 11.9. The Bertz CT molecular complexity index is 1090. The molecule has 2 aromatic rings. The summed E-state index contributed by atoms with van der Waals surface area (Å²) in [6, 6.07) is 0. The Balaban J connectivity index is 1.55. The highest BCUT2D eigenvalue weighted by Crippen LogP contribution is 2.43. The first kappa shape index (κ1) is 24.8. The summed E-state index contributed by atoms with van der Waals surface area (Å²) in [5.74, 6) is -3.15. The van der Waals surface area contributed by atoms with E-state index in [9.17, 15) is 29.4 Å². The van der Waals surface area contributed by atoms with E-state index in [-0.39, 0.29) is 29.4 Å². The monoisotopic (exact) mass is 504 g/mol. The molecule has 0 radical (unpaired) electrons. The fraction of sp³-hybridized carbons (Fsp3) is 0.647. The van der Waals surface area contributed by atoms with Crippen LogP contribution in [0.2, 0.25) is 0 Å². The van der Waals surface area contributed by atoms with Crippen molar-refractivity contribution in [2.24, 2.45) is 0 Å². The maximum absolute atomic E-state index is 11.9. The number of imidazole rings is 1. The SMILES string of the molecule is CCOC(=O)C(OC[C@H]1O[C@@H](n2cnc3c(N)nc([C@H]4NCCO4)nc32)[C@H](O)[C@@H]1O)P(=O)(O)O. The number of fused-ring (bicyclic) bond motifs is 1. The van der Waals surface area contributed by atoms with Crippen LogP contribution in [0.25, 0.3) is 11.2 Å². The summed E-state index contributed by atoms with van der Waals surface area (Å²) in [4.78, 5) is 43.4. The van der Waals surface area contributed by atoms with E-state index >= 15 is 0 Å². The van der Waals surface area contributed by atoms with Crippen molar-refractivity contribution in [1.82, 2.24) is 24.8 Å². The van der Waals surface area contributed by atoms with Crippen LogP contribution >= 0.6 is 7.60 Å². The largest absolute Gasteiger partial charge is 0.464 e. The van der Waals surface area contributed by atoms with Crippen molar-refractivity contribution in [1.29, 1.82) is 0 Å². The summed E-state index contributed by atoms with van der Waals surface area (Å²) in [5, 5.41) is 24.1.